The van der Waals surface area contributed by atoms with Gasteiger partial charge in [-0.3, -0.25) is 4.98 Å². The van der Waals surface area contributed by atoms with Crippen LogP contribution in [-0.4, -0.2) is 15.2 Å². The number of hydrogen-bond donors (Lipinski definition) is 2. The number of aromatic hydroxyl groups is 1. The molecule has 0 bridgehead atoms. The minimum absolute atomic E-state index is 0.278. The number of aryl methyl sites for hydroxylation is 1. The van der Waals surface area contributed by atoms with Crippen molar-refractivity contribution in [3.8, 4) is 5.75 Å². The number of hydrogen-bond acceptors (Lipinski definition) is 3. The van der Waals surface area contributed by atoms with Crippen LogP contribution in [0.25, 0.3) is 0 Å². The van der Waals surface area contributed by atoms with Crippen molar-refractivity contribution in [1.82, 2.24) is 4.98 Å². The highest BCUT2D eigenvalue weighted by Gasteiger charge is 2.09. The smallest absolute Gasteiger partial charge is 0.118 e. The van der Waals surface area contributed by atoms with Gasteiger partial charge in [-0.05, 0) is 36.6 Å². The average Bonchev–Trinajstić information content (AvgIpc) is 2.38. The monoisotopic (exact) mass is 229 g/mol. The molecule has 0 aliphatic rings. The lowest BCUT2D eigenvalue weighted by Crippen LogP contribution is -2.01. The van der Waals surface area contributed by atoms with E-state index in [0.29, 0.717) is 18.5 Å². The summed E-state index contributed by atoms with van der Waals surface area (Å²) in [7, 11) is 0. The van der Waals surface area contributed by atoms with Gasteiger partial charge in [0, 0.05) is 6.20 Å². The van der Waals surface area contributed by atoms with Crippen LogP contribution in [0, 0.1) is 0 Å². The lowest BCUT2D eigenvalue weighted by molar-refractivity contribution is 0.163. The molecule has 3 heteroatoms. The largest absolute Gasteiger partial charge is 0.508 e. The van der Waals surface area contributed by atoms with Crippen molar-refractivity contribution in [3.63, 3.8) is 0 Å². The normalized spacial score (nSPS) is 12.3. The predicted octanol–water partition coefficient (Wildman–Crippen LogP) is 2.45. The summed E-state index contributed by atoms with van der Waals surface area (Å²) in [6.07, 6.45) is 2.26. The summed E-state index contributed by atoms with van der Waals surface area (Å²) in [6.45, 7) is 0. The number of pyridine rings is 1. The van der Waals surface area contributed by atoms with Crippen LogP contribution in [0.3, 0.4) is 0 Å². The Morgan fingerprint density at radius 2 is 1.82 bits per heavy atom. The number of para-hydroxylation sites is 1. The molecule has 0 fully saturated rings. The van der Waals surface area contributed by atoms with Gasteiger partial charge in [-0.2, -0.15) is 0 Å². The number of aliphatic hydroxyl groups excluding tert-OH is 1. The topological polar surface area (TPSA) is 53.4 Å². The van der Waals surface area contributed by atoms with Gasteiger partial charge in [0.2, 0.25) is 0 Å². The third kappa shape index (κ3) is 3.04. The first kappa shape index (κ1) is 11.6. The van der Waals surface area contributed by atoms with E-state index in [1.165, 1.54) is 0 Å². The highest BCUT2D eigenvalue weighted by atomic mass is 16.3. The van der Waals surface area contributed by atoms with Crippen molar-refractivity contribution >= 4 is 0 Å². The number of rotatable bonds is 4. The van der Waals surface area contributed by atoms with Crippen LogP contribution in [0.2, 0.25) is 0 Å². The maximum Gasteiger partial charge on any atom is 0.118 e. The molecule has 17 heavy (non-hydrogen) atoms. The van der Waals surface area contributed by atoms with Crippen LogP contribution in [-0.2, 0) is 6.42 Å². The SMILES string of the molecule is Oc1ccccc1CC[C@H](O)c1ccccn1. The highest BCUT2D eigenvalue weighted by molar-refractivity contribution is 5.31. The van der Waals surface area contributed by atoms with Gasteiger partial charge in [-0.25, -0.2) is 0 Å². The van der Waals surface area contributed by atoms with Gasteiger partial charge in [-0.15, -0.1) is 0 Å². The number of nitrogens with zero attached hydrogens (tertiary/aromatic N) is 1. The van der Waals surface area contributed by atoms with Gasteiger partial charge in [0.15, 0.2) is 0 Å². The summed E-state index contributed by atoms with van der Waals surface area (Å²) in [4.78, 5) is 4.10. The summed E-state index contributed by atoms with van der Waals surface area (Å²) in [5.41, 5.74) is 1.52. The first-order chi connectivity index (χ1) is 8.27. The molecule has 1 heterocycles. The van der Waals surface area contributed by atoms with Crippen molar-refractivity contribution in [1.29, 1.82) is 0 Å². The van der Waals surface area contributed by atoms with E-state index in [4.69, 9.17) is 0 Å². The molecule has 0 spiro atoms. The summed E-state index contributed by atoms with van der Waals surface area (Å²) >= 11 is 0. The molecule has 0 saturated carbocycles. The van der Waals surface area contributed by atoms with E-state index in [0.717, 1.165) is 5.56 Å². The second kappa shape index (κ2) is 5.46. The van der Waals surface area contributed by atoms with E-state index < -0.39 is 6.10 Å². The van der Waals surface area contributed by atoms with Crippen molar-refractivity contribution in [2.24, 2.45) is 0 Å². The van der Waals surface area contributed by atoms with E-state index in [1.807, 2.05) is 24.3 Å². The molecule has 0 radical (unpaired) electrons. The lowest BCUT2D eigenvalue weighted by Gasteiger charge is -2.10. The molecule has 88 valence electrons. The van der Waals surface area contributed by atoms with Crippen LogP contribution in [0.5, 0.6) is 5.75 Å². The van der Waals surface area contributed by atoms with Crippen molar-refractivity contribution in [2.45, 2.75) is 18.9 Å². The molecule has 1 aromatic heterocycles. The second-order valence-corrected chi connectivity index (χ2v) is 3.94. The van der Waals surface area contributed by atoms with E-state index in [-0.39, 0.29) is 5.75 Å². The second-order valence-electron chi connectivity index (χ2n) is 3.94. The predicted molar refractivity (Wildman–Crippen MR) is 65.6 cm³/mol. The third-order valence-electron chi connectivity index (χ3n) is 2.71. The summed E-state index contributed by atoms with van der Waals surface area (Å²) < 4.78 is 0. The van der Waals surface area contributed by atoms with Crippen LogP contribution in [0.15, 0.2) is 48.7 Å². The van der Waals surface area contributed by atoms with Gasteiger partial charge in [0.05, 0.1) is 11.8 Å². The maximum absolute atomic E-state index is 9.93. The van der Waals surface area contributed by atoms with Gasteiger partial charge in [-0.1, -0.05) is 24.3 Å². The third-order valence-corrected chi connectivity index (χ3v) is 2.71. The summed E-state index contributed by atoms with van der Waals surface area (Å²) in [5, 5.41) is 19.5. The van der Waals surface area contributed by atoms with Crippen LogP contribution in [0.1, 0.15) is 23.8 Å². The van der Waals surface area contributed by atoms with Crippen LogP contribution < -0.4 is 0 Å². The summed E-state index contributed by atoms with van der Waals surface area (Å²) in [5.74, 6) is 0.278. The first-order valence-corrected chi connectivity index (χ1v) is 5.63. The fourth-order valence-corrected chi connectivity index (χ4v) is 1.74. The van der Waals surface area contributed by atoms with Crippen molar-refractivity contribution < 1.29 is 10.2 Å². The quantitative estimate of drug-likeness (QED) is 0.846. The Kier molecular flexibility index (Phi) is 3.73. The minimum Gasteiger partial charge on any atom is -0.508 e. The Labute approximate surface area is 100 Å². The number of aliphatic hydroxyl groups is 1. The van der Waals surface area contributed by atoms with E-state index in [1.54, 1.807) is 24.4 Å². The Hall–Kier alpha value is -1.87. The van der Waals surface area contributed by atoms with Gasteiger partial charge >= 0.3 is 0 Å². The fraction of sp³-hybridized carbons (Fsp3) is 0.214. The van der Waals surface area contributed by atoms with Crippen molar-refractivity contribution in [3.05, 3.63) is 59.9 Å². The molecule has 0 unspecified atom stereocenters. The molecule has 1 atom stereocenters. The molecule has 0 aliphatic heterocycles. The minimum atomic E-state index is -0.587. The molecule has 3 nitrogen and oxygen atoms in total. The van der Waals surface area contributed by atoms with Gasteiger partial charge < -0.3 is 10.2 Å². The zero-order chi connectivity index (χ0) is 12.1. The molecule has 0 saturated heterocycles. The van der Waals surface area contributed by atoms with E-state index in [9.17, 15) is 10.2 Å². The van der Waals surface area contributed by atoms with Crippen LogP contribution in [0.4, 0.5) is 0 Å². The van der Waals surface area contributed by atoms with Crippen molar-refractivity contribution in [2.75, 3.05) is 0 Å². The Bertz CT molecular complexity index is 471. The molecule has 2 N–H and O–H groups in total. The van der Waals surface area contributed by atoms with Gasteiger partial charge in [0.1, 0.15) is 5.75 Å². The molecular formula is C14H15NO2. The molecule has 1 aromatic carbocycles. The summed E-state index contributed by atoms with van der Waals surface area (Å²) in [6, 6.07) is 12.7. The Morgan fingerprint density at radius 3 is 2.53 bits per heavy atom. The fourth-order valence-electron chi connectivity index (χ4n) is 1.74. The standard InChI is InChI=1S/C14H15NO2/c16-13-7-2-1-5-11(13)8-9-14(17)12-6-3-4-10-15-12/h1-7,10,14,16-17H,8-9H2/t14-/m0/s1. The van der Waals surface area contributed by atoms with E-state index in [2.05, 4.69) is 4.98 Å². The zero-order valence-corrected chi connectivity index (χ0v) is 9.45. The van der Waals surface area contributed by atoms with Crippen LogP contribution >= 0.6 is 0 Å². The maximum atomic E-state index is 9.93. The van der Waals surface area contributed by atoms with E-state index >= 15 is 0 Å². The first-order valence-electron chi connectivity index (χ1n) is 5.63. The number of aromatic nitrogens is 1. The Balaban J connectivity index is 1.97. The molecule has 0 amide bonds. The highest BCUT2D eigenvalue weighted by Crippen LogP contribution is 2.21. The number of benzene rings is 1. The zero-order valence-electron chi connectivity index (χ0n) is 9.45. The molecule has 2 aromatic rings. The lowest BCUT2D eigenvalue weighted by atomic mass is 10.0. The number of phenolic OH excluding ortho intramolecular Hbond substituents is 1. The molecule has 0 aliphatic carbocycles. The van der Waals surface area contributed by atoms with Gasteiger partial charge in [0.25, 0.3) is 0 Å². The molecule has 2 rings (SSSR count). The Morgan fingerprint density at radius 1 is 1.06 bits per heavy atom. The average molecular weight is 229 g/mol. The molecular weight excluding hydrogens is 214 g/mol. The number of phenols is 1.